The molecule has 3 aromatic rings. The first-order valence-corrected chi connectivity index (χ1v) is 10.2. The van der Waals surface area contributed by atoms with Crippen LogP contribution in [-0.4, -0.2) is 42.7 Å². The van der Waals surface area contributed by atoms with Gasteiger partial charge >= 0.3 is 0 Å². The third-order valence-electron chi connectivity index (χ3n) is 4.79. The first-order valence-electron chi connectivity index (χ1n) is 9.38. The molecule has 1 unspecified atom stereocenters. The van der Waals surface area contributed by atoms with Crippen molar-refractivity contribution in [3.8, 4) is 10.6 Å². The van der Waals surface area contributed by atoms with Gasteiger partial charge in [0.1, 0.15) is 16.5 Å². The van der Waals surface area contributed by atoms with Gasteiger partial charge in [-0.2, -0.15) is 0 Å². The topological polar surface area (TPSA) is 50.5 Å². The van der Waals surface area contributed by atoms with Crippen LogP contribution in [0.2, 0.25) is 0 Å². The van der Waals surface area contributed by atoms with Crippen LogP contribution < -0.4 is 5.32 Å². The summed E-state index contributed by atoms with van der Waals surface area (Å²) in [5, 5.41) is 4.67. The first-order chi connectivity index (χ1) is 13.3. The summed E-state index contributed by atoms with van der Waals surface area (Å²) in [7, 11) is 0. The number of aryl methyl sites for hydroxylation is 1. The zero-order chi connectivity index (χ0) is 18.5. The van der Waals surface area contributed by atoms with Gasteiger partial charge in [0.2, 0.25) is 0 Å². The summed E-state index contributed by atoms with van der Waals surface area (Å²) in [6, 6.07) is 14.7. The van der Waals surface area contributed by atoms with Crippen molar-refractivity contribution in [2.45, 2.75) is 19.5 Å². The van der Waals surface area contributed by atoms with E-state index in [9.17, 15) is 0 Å². The second kappa shape index (κ2) is 8.80. The third kappa shape index (κ3) is 4.65. The normalized spacial score (nSPS) is 16.5. The molecule has 5 nitrogen and oxygen atoms in total. The summed E-state index contributed by atoms with van der Waals surface area (Å²) in [5.74, 6) is 1.98. The van der Waals surface area contributed by atoms with E-state index >= 15 is 0 Å². The van der Waals surface area contributed by atoms with Crippen molar-refractivity contribution < 1.29 is 9.15 Å². The number of nitrogens with one attached hydrogen (secondary N) is 1. The molecule has 0 aliphatic carbocycles. The van der Waals surface area contributed by atoms with Crippen LogP contribution in [-0.2, 0) is 11.3 Å². The maximum atomic E-state index is 5.93. The van der Waals surface area contributed by atoms with Crippen molar-refractivity contribution >= 4 is 11.3 Å². The fraction of sp³-hybridized carbons (Fsp3) is 0.381. The number of nitrogens with zero attached hydrogens (tertiary/aromatic N) is 2. The fourth-order valence-electron chi connectivity index (χ4n) is 3.37. The van der Waals surface area contributed by atoms with Gasteiger partial charge in [-0.05, 0) is 19.1 Å². The molecule has 3 heterocycles. The number of hydrogen-bond donors (Lipinski definition) is 1. The summed E-state index contributed by atoms with van der Waals surface area (Å²) in [5.41, 5.74) is 1.17. The highest BCUT2D eigenvalue weighted by Gasteiger charge is 2.24. The third-order valence-corrected chi connectivity index (χ3v) is 5.83. The Bertz CT molecular complexity index is 840. The van der Waals surface area contributed by atoms with Crippen molar-refractivity contribution in [2.24, 2.45) is 0 Å². The molecular weight excluding hydrogens is 358 g/mol. The van der Waals surface area contributed by atoms with Gasteiger partial charge in [0.25, 0.3) is 0 Å². The minimum Gasteiger partial charge on any atom is -0.465 e. The molecule has 1 atom stereocenters. The van der Waals surface area contributed by atoms with Crippen molar-refractivity contribution in [1.29, 1.82) is 0 Å². The molecular formula is C21H25N3O2S. The van der Waals surface area contributed by atoms with Gasteiger partial charge in [0, 0.05) is 42.8 Å². The molecule has 142 valence electrons. The van der Waals surface area contributed by atoms with E-state index < -0.39 is 0 Å². The average molecular weight is 384 g/mol. The molecule has 1 aromatic carbocycles. The van der Waals surface area contributed by atoms with Gasteiger partial charge in [-0.3, -0.25) is 4.90 Å². The van der Waals surface area contributed by atoms with E-state index in [2.05, 4.69) is 33.4 Å². The number of thiazole rings is 1. The van der Waals surface area contributed by atoms with Crippen LogP contribution in [0.3, 0.4) is 0 Å². The number of morpholine rings is 1. The summed E-state index contributed by atoms with van der Waals surface area (Å²) in [6.07, 6.45) is 1.97. The molecule has 2 aromatic heterocycles. The van der Waals surface area contributed by atoms with Gasteiger partial charge in [-0.15, -0.1) is 11.3 Å². The summed E-state index contributed by atoms with van der Waals surface area (Å²) < 4.78 is 11.4. The number of ether oxygens (including phenoxy) is 1. The van der Waals surface area contributed by atoms with Gasteiger partial charge < -0.3 is 14.5 Å². The molecule has 0 saturated carbocycles. The van der Waals surface area contributed by atoms with E-state index in [4.69, 9.17) is 9.15 Å². The Hall–Kier alpha value is -1.99. The molecule has 1 aliphatic heterocycles. The van der Waals surface area contributed by atoms with Crippen molar-refractivity contribution in [1.82, 2.24) is 15.2 Å². The Morgan fingerprint density at radius 1 is 1.15 bits per heavy atom. The van der Waals surface area contributed by atoms with E-state index in [1.807, 2.05) is 37.4 Å². The Morgan fingerprint density at radius 3 is 2.70 bits per heavy atom. The van der Waals surface area contributed by atoms with Crippen LogP contribution in [0.5, 0.6) is 0 Å². The van der Waals surface area contributed by atoms with Crippen molar-refractivity contribution in [2.75, 3.05) is 32.8 Å². The lowest BCUT2D eigenvalue weighted by molar-refractivity contribution is 0.0115. The predicted octanol–water partition coefficient (Wildman–Crippen LogP) is 3.87. The molecule has 1 fully saturated rings. The zero-order valence-corrected chi connectivity index (χ0v) is 16.4. The standard InChI is InChI=1S/C21H25N3O2S/c1-16-7-8-20(26-16)19(24-9-11-25-12-10-24)15-22-13-18-14-23-21(27-18)17-5-3-2-4-6-17/h2-8,14,19,22H,9-13,15H2,1H3. The monoisotopic (exact) mass is 383 g/mol. The van der Waals surface area contributed by atoms with E-state index in [0.29, 0.717) is 0 Å². The quantitative estimate of drug-likeness (QED) is 0.671. The molecule has 0 bridgehead atoms. The molecule has 0 radical (unpaired) electrons. The molecule has 27 heavy (non-hydrogen) atoms. The van der Waals surface area contributed by atoms with Gasteiger partial charge in [0.05, 0.1) is 19.3 Å². The number of benzene rings is 1. The molecule has 4 rings (SSSR count). The highest BCUT2D eigenvalue weighted by molar-refractivity contribution is 7.15. The highest BCUT2D eigenvalue weighted by Crippen LogP contribution is 2.26. The molecule has 1 saturated heterocycles. The summed E-state index contributed by atoms with van der Waals surface area (Å²) in [4.78, 5) is 8.25. The van der Waals surface area contributed by atoms with E-state index in [1.165, 1.54) is 10.4 Å². The first kappa shape index (κ1) is 18.4. The van der Waals surface area contributed by atoms with Crippen LogP contribution in [0.4, 0.5) is 0 Å². The molecule has 0 spiro atoms. The molecule has 1 N–H and O–H groups in total. The number of hydrogen-bond acceptors (Lipinski definition) is 6. The van der Waals surface area contributed by atoms with E-state index in [1.54, 1.807) is 11.3 Å². The smallest absolute Gasteiger partial charge is 0.123 e. The lowest BCUT2D eigenvalue weighted by Crippen LogP contribution is -2.42. The Kier molecular flexibility index (Phi) is 5.99. The minimum absolute atomic E-state index is 0.226. The summed E-state index contributed by atoms with van der Waals surface area (Å²) >= 11 is 1.74. The van der Waals surface area contributed by atoms with Crippen LogP contribution >= 0.6 is 11.3 Å². The highest BCUT2D eigenvalue weighted by atomic mass is 32.1. The predicted molar refractivity (Wildman–Crippen MR) is 108 cm³/mol. The fourth-order valence-corrected chi connectivity index (χ4v) is 4.25. The van der Waals surface area contributed by atoms with Crippen molar-refractivity contribution in [3.05, 3.63) is 65.1 Å². The van der Waals surface area contributed by atoms with Crippen LogP contribution in [0, 0.1) is 6.92 Å². The summed E-state index contributed by atoms with van der Waals surface area (Å²) in [6.45, 7) is 7.08. The van der Waals surface area contributed by atoms with Gasteiger partial charge in [-0.25, -0.2) is 4.98 Å². The Morgan fingerprint density at radius 2 is 1.96 bits per heavy atom. The van der Waals surface area contributed by atoms with E-state index in [-0.39, 0.29) is 6.04 Å². The molecule has 0 amide bonds. The largest absolute Gasteiger partial charge is 0.465 e. The second-order valence-corrected chi connectivity index (χ2v) is 7.86. The van der Waals surface area contributed by atoms with Crippen LogP contribution in [0.25, 0.3) is 10.6 Å². The minimum atomic E-state index is 0.226. The maximum absolute atomic E-state index is 5.93. The maximum Gasteiger partial charge on any atom is 0.123 e. The zero-order valence-electron chi connectivity index (χ0n) is 15.6. The lowest BCUT2D eigenvalue weighted by Gasteiger charge is -2.33. The van der Waals surface area contributed by atoms with Crippen LogP contribution in [0.15, 0.2) is 53.1 Å². The second-order valence-electron chi connectivity index (χ2n) is 6.74. The average Bonchev–Trinajstić information content (AvgIpc) is 3.36. The van der Waals surface area contributed by atoms with Crippen molar-refractivity contribution in [3.63, 3.8) is 0 Å². The molecule has 1 aliphatic rings. The number of aromatic nitrogens is 1. The lowest BCUT2D eigenvalue weighted by atomic mass is 10.1. The Labute approximate surface area is 164 Å². The Balaban J connectivity index is 1.38. The molecule has 6 heteroatoms. The van der Waals surface area contributed by atoms with E-state index in [0.717, 1.165) is 55.9 Å². The number of furan rings is 1. The van der Waals surface area contributed by atoms with Gasteiger partial charge in [0.15, 0.2) is 0 Å². The van der Waals surface area contributed by atoms with Gasteiger partial charge in [-0.1, -0.05) is 30.3 Å². The van der Waals surface area contributed by atoms with Crippen LogP contribution in [0.1, 0.15) is 22.4 Å². The number of rotatable bonds is 7. The SMILES string of the molecule is Cc1ccc(C(CNCc2cnc(-c3ccccc3)s2)N2CCOCC2)o1.